The molecule has 1 unspecified atom stereocenters. The van der Waals surface area contributed by atoms with Crippen molar-refractivity contribution >= 4 is 17.5 Å². The molecule has 0 fully saturated rings. The van der Waals surface area contributed by atoms with Gasteiger partial charge in [0.1, 0.15) is 5.76 Å². The first-order chi connectivity index (χ1) is 14.1. The molecule has 0 bridgehead atoms. The summed E-state index contributed by atoms with van der Waals surface area (Å²) < 4.78 is 24.6. The highest BCUT2D eigenvalue weighted by Crippen LogP contribution is 2.20. The van der Waals surface area contributed by atoms with Gasteiger partial charge in [0.2, 0.25) is 0 Å². The molecule has 0 saturated heterocycles. The fourth-order valence-electron chi connectivity index (χ4n) is 2.69. The van der Waals surface area contributed by atoms with Crippen LogP contribution in [-0.4, -0.2) is 17.9 Å². The van der Waals surface area contributed by atoms with Gasteiger partial charge in [-0.3, -0.25) is 9.59 Å². The number of carbonyl (C=O) groups excluding carboxylic acids is 2. The van der Waals surface area contributed by atoms with Crippen molar-refractivity contribution in [3.8, 4) is 5.75 Å². The summed E-state index contributed by atoms with van der Waals surface area (Å²) in [6.45, 7) is 1.98. The van der Waals surface area contributed by atoms with Crippen LogP contribution in [0, 0.1) is 5.82 Å². The van der Waals surface area contributed by atoms with Gasteiger partial charge in [-0.25, -0.2) is 4.39 Å². The van der Waals surface area contributed by atoms with Crippen molar-refractivity contribution in [2.45, 2.75) is 26.0 Å². The number of amides is 2. The number of nitrogens with one attached hydrogen (secondary N) is 2. The second-order valence-corrected chi connectivity index (χ2v) is 6.24. The summed E-state index contributed by atoms with van der Waals surface area (Å²) in [5.74, 6) is -0.762. The third-order valence-electron chi connectivity index (χ3n) is 4.20. The minimum atomic E-state index is -0.911. The fourth-order valence-corrected chi connectivity index (χ4v) is 2.69. The van der Waals surface area contributed by atoms with Crippen molar-refractivity contribution in [2.75, 3.05) is 5.32 Å². The molecule has 6 nitrogen and oxygen atoms in total. The molecule has 2 N–H and O–H groups in total. The smallest absolute Gasteiger partial charge is 0.265 e. The van der Waals surface area contributed by atoms with Gasteiger partial charge in [-0.1, -0.05) is 31.2 Å². The monoisotopic (exact) mass is 396 g/mol. The number of hydrogen-bond donors (Lipinski definition) is 2. The lowest BCUT2D eigenvalue weighted by molar-refractivity contribution is -0.122. The SMILES string of the molecule is CCC(Oc1ccccc1F)C(=O)Nc1ccccc1C(=O)NCc1ccco1. The van der Waals surface area contributed by atoms with Gasteiger partial charge < -0.3 is 19.8 Å². The summed E-state index contributed by atoms with van der Waals surface area (Å²) in [6, 6.07) is 16.0. The standard InChI is InChI=1S/C22H21FN2O4/c1-2-19(29-20-12-6-4-10-17(20)23)22(27)25-18-11-5-3-9-16(18)21(26)24-14-15-8-7-13-28-15/h3-13,19H,2,14H2,1H3,(H,24,26)(H,25,27). The van der Waals surface area contributed by atoms with E-state index in [0.717, 1.165) is 0 Å². The van der Waals surface area contributed by atoms with E-state index in [4.69, 9.17) is 9.15 Å². The maximum absolute atomic E-state index is 13.8. The Labute approximate surface area is 167 Å². The first-order valence-corrected chi connectivity index (χ1v) is 9.20. The Balaban J connectivity index is 1.69. The predicted molar refractivity (Wildman–Crippen MR) is 106 cm³/mol. The summed E-state index contributed by atoms with van der Waals surface area (Å²) in [4.78, 5) is 25.2. The van der Waals surface area contributed by atoms with Gasteiger partial charge in [-0.2, -0.15) is 0 Å². The Kier molecular flexibility index (Phi) is 6.63. The van der Waals surface area contributed by atoms with Crippen molar-refractivity contribution in [1.82, 2.24) is 5.32 Å². The molecule has 29 heavy (non-hydrogen) atoms. The summed E-state index contributed by atoms with van der Waals surface area (Å²) in [6.07, 6.45) is 0.939. The topological polar surface area (TPSA) is 80.6 Å². The van der Waals surface area contributed by atoms with Crippen LogP contribution in [0.2, 0.25) is 0 Å². The molecule has 0 spiro atoms. The molecule has 0 aliphatic rings. The van der Waals surface area contributed by atoms with E-state index in [9.17, 15) is 14.0 Å². The molecular weight excluding hydrogens is 375 g/mol. The van der Waals surface area contributed by atoms with Gasteiger partial charge >= 0.3 is 0 Å². The second kappa shape index (κ2) is 9.54. The first-order valence-electron chi connectivity index (χ1n) is 9.20. The third kappa shape index (κ3) is 5.22. The molecule has 150 valence electrons. The number of halogens is 1. The number of benzene rings is 2. The highest BCUT2D eigenvalue weighted by Gasteiger charge is 2.22. The van der Waals surface area contributed by atoms with Crippen LogP contribution in [0.25, 0.3) is 0 Å². The van der Waals surface area contributed by atoms with E-state index in [2.05, 4.69) is 10.6 Å². The van der Waals surface area contributed by atoms with Gasteiger partial charge in [0.05, 0.1) is 24.1 Å². The summed E-state index contributed by atoms with van der Waals surface area (Å²) in [5, 5.41) is 5.45. The average molecular weight is 396 g/mol. The zero-order valence-corrected chi connectivity index (χ0v) is 15.9. The van der Waals surface area contributed by atoms with Gasteiger partial charge in [0.15, 0.2) is 17.7 Å². The van der Waals surface area contributed by atoms with E-state index in [1.165, 1.54) is 18.4 Å². The number of ether oxygens (including phenoxy) is 1. The van der Waals surface area contributed by atoms with E-state index in [1.54, 1.807) is 55.5 Å². The molecule has 2 amide bonds. The molecular formula is C22H21FN2O4. The third-order valence-corrected chi connectivity index (χ3v) is 4.20. The van der Waals surface area contributed by atoms with Crippen LogP contribution in [0.1, 0.15) is 29.5 Å². The van der Waals surface area contributed by atoms with Crippen molar-refractivity contribution in [2.24, 2.45) is 0 Å². The van der Waals surface area contributed by atoms with E-state index < -0.39 is 17.8 Å². The largest absolute Gasteiger partial charge is 0.478 e. The summed E-state index contributed by atoms with van der Waals surface area (Å²) in [5.41, 5.74) is 0.637. The Morgan fingerprint density at radius 2 is 1.83 bits per heavy atom. The highest BCUT2D eigenvalue weighted by atomic mass is 19.1. The number of rotatable bonds is 8. The van der Waals surface area contributed by atoms with Crippen molar-refractivity contribution in [3.63, 3.8) is 0 Å². The van der Waals surface area contributed by atoms with Crippen LogP contribution < -0.4 is 15.4 Å². The first kappa shape index (κ1) is 20.1. The van der Waals surface area contributed by atoms with Crippen molar-refractivity contribution in [3.05, 3.63) is 84.1 Å². The molecule has 3 rings (SSSR count). The van der Waals surface area contributed by atoms with Crippen LogP contribution in [0.3, 0.4) is 0 Å². The molecule has 0 aliphatic carbocycles. The maximum Gasteiger partial charge on any atom is 0.265 e. The Bertz CT molecular complexity index is 972. The van der Waals surface area contributed by atoms with E-state index >= 15 is 0 Å². The minimum absolute atomic E-state index is 0.000948. The zero-order valence-electron chi connectivity index (χ0n) is 15.9. The average Bonchev–Trinajstić information content (AvgIpc) is 3.25. The molecule has 3 aromatic rings. The summed E-state index contributed by atoms with van der Waals surface area (Å²) >= 11 is 0. The lowest BCUT2D eigenvalue weighted by atomic mass is 10.1. The minimum Gasteiger partial charge on any atom is -0.478 e. The van der Waals surface area contributed by atoms with Gasteiger partial charge in [-0.05, 0) is 42.8 Å². The zero-order chi connectivity index (χ0) is 20.6. The van der Waals surface area contributed by atoms with E-state index in [-0.39, 0.29) is 18.2 Å². The van der Waals surface area contributed by atoms with E-state index in [0.29, 0.717) is 23.4 Å². The van der Waals surface area contributed by atoms with Gasteiger partial charge in [0.25, 0.3) is 11.8 Å². The molecule has 2 aromatic carbocycles. The highest BCUT2D eigenvalue weighted by molar-refractivity contribution is 6.04. The van der Waals surface area contributed by atoms with Gasteiger partial charge in [0, 0.05) is 0 Å². The van der Waals surface area contributed by atoms with Crippen LogP contribution in [0.5, 0.6) is 5.75 Å². The van der Waals surface area contributed by atoms with Crippen molar-refractivity contribution in [1.29, 1.82) is 0 Å². The van der Waals surface area contributed by atoms with Crippen LogP contribution >= 0.6 is 0 Å². The number of furan rings is 1. The number of anilines is 1. The molecule has 1 atom stereocenters. The lowest BCUT2D eigenvalue weighted by Crippen LogP contribution is -2.33. The van der Waals surface area contributed by atoms with E-state index in [1.807, 2.05) is 0 Å². The molecule has 0 aliphatic heterocycles. The normalized spacial score (nSPS) is 11.5. The predicted octanol–water partition coefficient (Wildman–Crippen LogP) is 4.14. The number of carbonyl (C=O) groups is 2. The molecule has 0 radical (unpaired) electrons. The fraction of sp³-hybridized carbons (Fsp3) is 0.182. The number of hydrogen-bond acceptors (Lipinski definition) is 4. The molecule has 7 heteroatoms. The Hall–Kier alpha value is -3.61. The van der Waals surface area contributed by atoms with Crippen LogP contribution in [0.15, 0.2) is 71.3 Å². The molecule has 1 heterocycles. The lowest BCUT2D eigenvalue weighted by Gasteiger charge is -2.18. The van der Waals surface area contributed by atoms with Gasteiger partial charge in [-0.15, -0.1) is 0 Å². The second-order valence-electron chi connectivity index (χ2n) is 6.24. The molecule has 1 aromatic heterocycles. The number of para-hydroxylation sites is 2. The Morgan fingerprint density at radius 1 is 1.07 bits per heavy atom. The summed E-state index contributed by atoms with van der Waals surface area (Å²) in [7, 11) is 0. The maximum atomic E-state index is 13.8. The Morgan fingerprint density at radius 3 is 2.55 bits per heavy atom. The quantitative estimate of drug-likeness (QED) is 0.600. The van der Waals surface area contributed by atoms with Crippen LogP contribution in [0.4, 0.5) is 10.1 Å². The van der Waals surface area contributed by atoms with Crippen molar-refractivity contribution < 1.29 is 23.1 Å². The van der Waals surface area contributed by atoms with Crippen LogP contribution in [-0.2, 0) is 11.3 Å². The molecule has 0 saturated carbocycles.